The van der Waals surface area contributed by atoms with Gasteiger partial charge in [-0.15, -0.1) is 0 Å². The molecule has 0 saturated heterocycles. The number of hydrogen-bond acceptors (Lipinski definition) is 4. The minimum absolute atomic E-state index is 0.121. The number of hydrazone groups is 1. The van der Waals surface area contributed by atoms with Gasteiger partial charge in [-0.2, -0.15) is 5.10 Å². The zero-order valence-corrected chi connectivity index (χ0v) is 7.64. The van der Waals surface area contributed by atoms with Crippen LogP contribution in [0.1, 0.15) is 0 Å². The fraction of sp³-hybridized carbons (Fsp3) is 0.143. The first-order valence-electron chi connectivity index (χ1n) is 3.96. The average Bonchev–Trinajstić information content (AvgIpc) is 2.14. The van der Waals surface area contributed by atoms with E-state index in [4.69, 9.17) is 5.73 Å². The molecule has 0 unspecified atom stereocenters. The molecule has 0 bridgehead atoms. The highest BCUT2D eigenvalue weighted by Crippen LogP contribution is 1.72. The summed E-state index contributed by atoms with van der Waals surface area (Å²) in [7, 11) is 0. The summed E-state index contributed by atoms with van der Waals surface area (Å²) in [4.78, 5) is 34.1. The molecule has 0 atom stereocenters. The Balaban J connectivity index is 2.66. The molecule has 1 aromatic rings. The summed E-state index contributed by atoms with van der Waals surface area (Å²) in [6.07, 6.45) is 2.59. The zero-order chi connectivity index (χ0) is 11.3. The smallest absolute Gasteiger partial charge is 0.332 e. The molecule has 0 aliphatic rings. The van der Waals surface area contributed by atoms with Gasteiger partial charge in [-0.3, -0.25) is 14.3 Å². The lowest BCUT2D eigenvalue weighted by molar-refractivity contribution is 0.249. The van der Waals surface area contributed by atoms with Crippen LogP contribution in [0.25, 0.3) is 0 Å². The highest BCUT2D eigenvalue weighted by molar-refractivity contribution is 5.72. The van der Waals surface area contributed by atoms with Crippen molar-refractivity contribution in [3.8, 4) is 0 Å². The topological polar surface area (TPSA) is 122 Å². The van der Waals surface area contributed by atoms with Gasteiger partial charge in [-0.05, 0) is 0 Å². The lowest BCUT2D eigenvalue weighted by Gasteiger charge is -1.98. The van der Waals surface area contributed by atoms with Gasteiger partial charge in [0.15, 0.2) is 0 Å². The second kappa shape index (κ2) is 4.74. The Morgan fingerprint density at radius 1 is 1.67 bits per heavy atom. The minimum atomic E-state index is -0.792. The van der Waals surface area contributed by atoms with Gasteiger partial charge >= 0.3 is 11.7 Å². The van der Waals surface area contributed by atoms with Crippen molar-refractivity contribution < 1.29 is 4.79 Å². The monoisotopic (exact) mass is 211 g/mol. The summed E-state index contributed by atoms with van der Waals surface area (Å²) in [5.74, 6) is 0. The van der Waals surface area contributed by atoms with Crippen molar-refractivity contribution in [3.63, 3.8) is 0 Å². The third-order valence-corrected chi connectivity index (χ3v) is 1.44. The van der Waals surface area contributed by atoms with Gasteiger partial charge in [-0.25, -0.2) is 15.0 Å². The van der Waals surface area contributed by atoms with Gasteiger partial charge in [0.05, 0.1) is 6.54 Å². The summed E-state index contributed by atoms with van der Waals surface area (Å²) >= 11 is 0. The van der Waals surface area contributed by atoms with Crippen LogP contribution in [-0.4, -0.2) is 21.8 Å². The van der Waals surface area contributed by atoms with E-state index in [9.17, 15) is 14.4 Å². The van der Waals surface area contributed by atoms with Crippen LogP contribution >= 0.6 is 0 Å². The number of nitrogens with zero attached hydrogens (tertiary/aromatic N) is 2. The zero-order valence-electron chi connectivity index (χ0n) is 7.64. The van der Waals surface area contributed by atoms with Crippen molar-refractivity contribution in [1.82, 2.24) is 15.0 Å². The molecule has 8 nitrogen and oxygen atoms in total. The van der Waals surface area contributed by atoms with Crippen molar-refractivity contribution in [1.29, 1.82) is 0 Å². The summed E-state index contributed by atoms with van der Waals surface area (Å²) in [6.45, 7) is 0.121. The van der Waals surface area contributed by atoms with Crippen LogP contribution in [-0.2, 0) is 6.54 Å². The van der Waals surface area contributed by atoms with Crippen molar-refractivity contribution in [2.75, 3.05) is 0 Å². The largest absolute Gasteiger partial charge is 0.350 e. The molecular formula is C7H9N5O3. The van der Waals surface area contributed by atoms with E-state index in [0.29, 0.717) is 0 Å². The van der Waals surface area contributed by atoms with Crippen LogP contribution in [0, 0.1) is 0 Å². The third-order valence-electron chi connectivity index (χ3n) is 1.44. The van der Waals surface area contributed by atoms with Crippen LogP contribution in [0.15, 0.2) is 27.0 Å². The number of nitrogens with two attached hydrogens (primary N) is 1. The second-order valence-corrected chi connectivity index (χ2v) is 2.55. The van der Waals surface area contributed by atoms with Gasteiger partial charge in [0, 0.05) is 18.5 Å². The molecule has 0 aliphatic heterocycles. The summed E-state index contributed by atoms with van der Waals surface area (Å²) in [5, 5.41) is 3.43. The molecule has 0 aromatic carbocycles. The number of H-pyrrole nitrogens is 1. The molecular weight excluding hydrogens is 202 g/mol. The summed E-state index contributed by atoms with van der Waals surface area (Å²) < 4.78 is 1.20. The molecule has 8 heteroatoms. The molecule has 0 spiro atoms. The fourth-order valence-corrected chi connectivity index (χ4v) is 0.826. The predicted octanol–water partition coefficient (Wildman–Crippen LogP) is -1.81. The number of carbonyl (C=O) groups excluding carboxylic acids is 1. The van der Waals surface area contributed by atoms with E-state index in [2.05, 4.69) is 10.1 Å². The molecule has 0 aliphatic carbocycles. The van der Waals surface area contributed by atoms with Crippen molar-refractivity contribution in [2.24, 2.45) is 10.8 Å². The maximum Gasteiger partial charge on any atom is 0.332 e. The summed E-state index contributed by atoms with van der Waals surface area (Å²) in [5.41, 5.74) is 5.69. The fourth-order valence-electron chi connectivity index (χ4n) is 0.826. The Hall–Kier alpha value is -2.38. The molecule has 4 N–H and O–H groups in total. The highest BCUT2D eigenvalue weighted by atomic mass is 16.2. The lowest BCUT2D eigenvalue weighted by Crippen LogP contribution is -2.29. The SMILES string of the molecule is NC(=O)N/N=C\Cn1ccc(=O)[nH]c1=O. The number of rotatable bonds is 3. The van der Waals surface area contributed by atoms with Crippen LogP contribution in [0.5, 0.6) is 0 Å². The van der Waals surface area contributed by atoms with E-state index in [1.165, 1.54) is 23.0 Å². The van der Waals surface area contributed by atoms with Crippen LogP contribution in [0.3, 0.4) is 0 Å². The van der Waals surface area contributed by atoms with Crippen molar-refractivity contribution in [2.45, 2.75) is 6.54 Å². The van der Waals surface area contributed by atoms with E-state index in [1.807, 2.05) is 5.43 Å². The van der Waals surface area contributed by atoms with Gasteiger partial charge in [0.25, 0.3) is 5.56 Å². The average molecular weight is 211 g/mol. The molecule has 1 heterocycles. The standard InChI is InChI=1S/C7H9N5O3/c8-6(14)11-9-2-4-12-3-1-5(13)10-7(12)15/h1-3H,4H2,(H3,8,11,14)(H,10,13,15)/b9-2-. The Morgan fingerprint density at radius 2 is 2.40 bits per heavy atom. The van der Waals surface area contributed by atoms with Crippen LogP contribution in [0.2, 0.25) is 0 Å². The Bertz CT molecular complexity index is 486. The van der Waals surface area contributed by atoms with E-state index in [-0.39, 0.29) is 6.54 Å². The van der Waals surface area contributed by atoms with E-state index >= 15 is 0 Å². The van der Waals surface area contributed by atoms with Crippen LogP contribution < -0.4 is 22.4 Å². The Morgan fingerprint density at radius 3 is 3.00 bits per heavy atom. The second-order valence-electron chi connectivity index (χ2n) is 2.55. The van der Waals surface area contributed by atoms with E-state index in [1.54, 1.807) is 0 Å². The maximum absolute atomic E-state index is 11.1. The first-order chi connectivity index (χ1) is 7.09. The number of amides is 2. The van der Waals surface area contributed by atoms with Crippen molar-refractivity contribution in [3.05, 3.63) is 33.1 Å². The number of nitrogens with one attached hydrogen (secondary N) is 2. The number of aromatic nitrogens is 2. The van der Waals surface area contributed by atoms with Gasteiger partial charge in [0.2, 0.25) is 0 Å². The molecule has 0 fully saturated rings. The van der Waals surface area contributed by atoms with E-state index < -0.39 is 17.3 Å². The molecule has 0 saturated carbocycles. The molecule has 1 aromatic heterocycles. The molecule has 80 valence electrons. The van der Waals surface area contributed by atoms with E-state index in [0.717, 1.165) is 0 Å². The highest BCUT2D eigenvalue weighted by Gasteiger charge is 1.93. The summed E-state index contributed by atoms with van der Waals surface area (Å²) in [6, 6.07) is 0.414. The van der Waals surface area contributed by atoms with Gasteiger partial charge in [-0.1, -0.05) is 0 Å². The number of hydrogen-bond donors (Lipinski definition) is 3. The van der Waals surface area contributed by atoms with Gasteiger partial charge in [0.1, 0.15) is 0 Å². The minimum Gasteiger partial charge on any atom is -0.350 e. The first-order valence-corrected chi connectivity index (χ1v) is 3.96. The lowest BCUT2D eigenvalue weighted by atomic mass is 10.6. The van der Waals surface area contributed by atoms with Crippen LogP contribution in [0.4, 0.5) is 4.79 Å². The molecule has 2 amide bonds. The number of aromatic amines is 1. The number of carbonyl (C=O) groups is 1. The van der Waals surface area contributed by atoms with Crippen molar-refractivity contribution >= 4 is 12.2 Å². The quantitative estimate of drug-likeness (QED) is 0.403. The molecule has 0 radical (unpaired) electrons. The number of primary amides is 1. The third kappa shape index (κ3) is 3.46. The molecule has 15 heavy (non-hydrogen) atoms. The Kier molecular flexibility index (Phi) is 3.38. The maximum atomic E-state index is 11.1. The predicted molar refractivity (Wildman–Crippen MR) is 52.5 cm³/mol. The Labute approximate surface area is 83.4 Å². The van der Waals surface area contributed by atoms with Gasteiger partial charge < -0.3 is 5.73 Å². The molecule has 1 rings (SSSR count). The number of urea groups is 1. The first kappa shape index (κ1) is 10.7. The normalized spacial score (nSPS) is 10.4.